The first kappa shape index (κ1) is 13.1. The van der Waals surface area contributed by atoms with Crippen molar-refractivity contribution >= 4 is 11.3 Å². The number of thiophene rings is 1. The average molecular weight is 252 g/mol. The lowest BCUT2D eigenvalue weighted by Gasteiger charge is -2.33. The Morgan fingerprint density at radius 3 is 2.76 bits per heavy atom. The van der Waals surface area contributed by atoms with Gasteiger partial charge in [-0.2, -0.15) is 0 Å². The fraction of sp³-hybridized carbons (Fsp3) is 0.714. The van der Waals surface area contributed by atoms with Crippen molar-refractivity contribution < 1.29 is 0 Å². The normalized spacial score (nSPS) is 20.9. The summed E-state index contributed by atoms with van der Waals surface area (Å²) in [6, 6.07) is 4.94. The highest BCUT2D eigenvalue weighted by atomic mass is 32.1. The van der Waals surface area contributed by atoms with Gasteiger partial charge in [0.2, 0.25) is 0 Å². The minimum absolute atomic E-state index is 0.0818. The molecule has 1 aliphatic rings. The van der Waals surface area contributed by atoms with E-state index in [2.05, 4.69) is 36.4 Å². The van der Waals surface area contributed by atoms with E-state index in [1.165, 1.54) is 30.6 Å². The van der Waals surface area contributed by atoms with Crippen LogP contribution in [0.1, 0.15) is 37.5 Å². The monoisotopic (exact) mass is 252 g/mol. The summed E-state index contributed by atoms with van der Waals surface area (Å²) in [5, 5.41) is 2.16. The molecule has 1 aliphatic carbocycles. The summed E-state index contributed by atoms with van der Waals surface area (Å²) in [4.78, 5) is 3.91. The van der Waals surface area contributed by atoms with Crippen LogP contribution in [0.25, 0.3) is 0 Å². The van der Waals surface area contributed by atoms with Gasteiger partial charge in [-0.3, -0.25) is 0 Å². The summed E-state index contributed by atoms with van der Waals surface area (Å²) in [5.41, 5.74) is 6.51. The van der Waals surface area contributed by atoms with Gasteiger partial charge in [0, 0.05) is 23.0 Å². The number of likely N-dealkylation sites (N-methyl/N-ethyl adjacent to an activating group) is 1. The Bertz CT molecular complexity index is 328. The predicted molar refractivity (Wildman–Crippen MR) is 75.5 cm³/mol. The van der Waals surface area contributed by atoms with Gasteiger partial charge in [0.1, 0.15) is 0 Å². The van der Waals surface area contributed by atoms with E-state index < -0.39 is 0 Å². The zero-order valence-electron chi connectivity index (χ0n) is 11.0. The molecule has 0 radical (unpaired) electrons. The lowest BCUT2D eigenvalue weighted by atomic mass is 9.97. The minimum Gasteiger partial charge on any atom is -0.324 e. The van der Waals surface area contributed by atoms with E-state index in [0.29, 0.717) is 6.04 Å². The molecule has 1 unspecified atom stereocenters. The van der Waals surface area contributed by atoms with E-state index in [1.54, 1.807) is 0 Å². The Labute approximate surface area is 109 Å². The number of nitrogens with two attached hydrogens (primary N) is 1. The Hall–Kier alpha value is -0.380. The summed E-state index contributed by atoms with van der Waals surface area (Å²) in [6.45, 7) is 3.34. The summed E-state index contributed by atoms with van der Waals surface area (Å²) in [6.07, 6.45) is 6.16. The first-order valence-corrected chi connectivity index (χ1v) is 7.48. The van der Waals surface area contributed by atoms with Crippen molar-refractivity contribution in [1.29, 1.82) is 0 Å². The van der Waals surface area contributed by atoms with Crippen LogP contribution in [0.2, 0.25) is 0 Å². The van der Waals surface area contributed by atoms with E-state index in [0.717, 1.165) is 13.0 Å². The SMILES string of the molecule is CC(Cc1cccs1)N(C)CC1(N)CCCC1. The van der Waals surface area contributed by atoms with Gasteiger partial charge in [0.25, 0.3) is 0 Å². The number of hydrogen-bond donors (Lipinski definition) is 1. The van der Waals surface area contributed by atoms with Crippen LogP contribution in [0.4, 0.5) is 0 Å². The largest absolute Gasteiger partial charge is 0.324 e. The van der Waals surface area contributed by atoms with Crippen molar-refractivity contribution in [3.05, 3.63) is 22.4 Å². The highest BCUT2D eigenvalue weighted by molar-refractivity contribution is 7.09. The molecule has 1 aromatic rings. The molecule has 1 saturated carbocycles. The number of hydrogen-bond acceptors (Lipinski definition) is 3. The Balaban J connectivity index is 1.84. The maximum absolute atomic E-state index is 6.43. The van der Waals surface area contributed by atoms with Crippen LogP contribution in [-0.2, 0) is 6.42 Å². The van der Waals surface area contributed by atoms with Crippen molar-refractivity contribution in [3.63, 3.8) is 0 Å². The van der Waals surface area contributed by atoms with Crippen LogP contribution in [0.3, 0.4) is 0 Å². The van der Waals surface area contributed by atoms with Gasteiger partial charge < -0.3 is 10.6 Å². The van der Waals surface area contributed by atoms with Crippen molar-refractivity contribution in [3.8, 4) is 0 Å². The second-order valence-electron chi connectivity index (χ2n) is 5.62. The van der Waals surface area contributed by atoms with E-state index >= 15 is 0 Å². The molecular weight excluding hydrogens is 228 g/mol. The molecule has 0 spiro atoms. The first-order valence-electron chi connectivity index (χ1n) is 6.61. The smallest absolute Gasteiger partial charge is 0.0283 e. The van der Waals surface area contributed by atoms with Gasteiger partial charge in [-0.1, -0.05) is 18.9 Å². The molecule has 0 aromatic carbocycles. The lowest BCUT2D eigenvalue weighted by Crippen LogP contribution is -2.49. The second kappa shape index (κ2) is 5.51. The predicted octanol–water partition coefficient (Wildman–Crippen LogP) is 2.88. The van der Waals surface area contributed by atoms with Crippen LogP contribution < -0.4 is 5.73 Å². The Morgan fingerprint density at radius 1 is 1.47 bits per heavy atom. The summed E-state index contributed by atoms with van der Waals surface area (Å²) >= 11 is 1.85. The molecule has 1 aromatic heterocycles. The Morgan fingerprint density at radius 2 is 2.18 bits per heavy atom. The third-order valence-corrected chi connectivity index (χ3v) is 4.89. The van der Waals surface area contributed by atoms with E-state index in [-0.39, 0.29) is 5.54 Å². The topological polar surface area (TPSA) is 29.3 Å². The van der Waals surface area contributed by atoms with E-state index in [9.17, 15) is 0 Å². The van der Waals surface area contributed by atoms with Crippen molar-refractivity contribution in [2.24, 2.45) is 5.73 Å². The van der Waals surface area contributed by atoms with Crippen molar-refractivity contribution in [2.75, 3.05) is 13.6 Å². The van der Waals surface area contributed by atoms with Gasteiger partial charge in [-0.25, -0.2) is 0 Å². The van der Waals surface area contributed by atoms with Crippen LogP contribution >= 0.6 is 11.3 Å². The molecule has 96 valence electrons. The first-order chi connectivity index (χ1) is 8.09. The molecule has 2 nitrogen and oxygen atoms in total. The summed E-state index contributed by atoms with van der Waals surface area (Å²) < 4.78 is 0. The highest BCUT2D eigenvalue weighted by Gasteiger charge is 2.31. The molecule has 3 heteroatoms. The molecule has 0 amide bonds. The molecule has 17 heavy (non-hydrogen) atoms. The molecule has 1 heterocycles. The third kappa shape index (κ3) is 3.54. The van der Waals surface area contributed by atoms with Crippen molar-refractivity contribution in [1.82, 2.24) is 4.90 Å². The quantitative estimate of drug-likeness (QED) is 0.873. The van der Waals surface area contributed by atoms with Gasteiger partial charge in [-0.05, 0) is 44.7 Å². The Kier molecular flexibility index (Phi) is 4.23. The van der Waals surface area contributed by atoms with Gasteiger partial charge in [0.05, 0.1) is 0 Å². The second-order valence-corrected chi connectivity index (χ2v) is 6.65. The minimum atomic E-state index is 0.0818. The fourth-order valence-electron chi connectivity index (χ4n) is 2.77. The zero-order chi connectivity index (χ0) is 12.3. The van der Waals surface area contributed by atoms with Crippen LogP contribution in [0, 0.1) is 0 Å². The summed E-state index contributed by atoms with van der Waals surface area (Å²) in [7, 11) is 2.21. The number of nitrogens with zero attached hydrogens (tertiary/aromatic N) is 1. The van der Waals surface area contributed by atoms with E-state index in [1.807, 2.05) is 11.3 Å². The lowest BCUT2D eigenvalue weighted by molar-refractivity contribution is 0.198. The molecular formula is C14H24N2S. The standard InChI is InChI=1S/C14H24N2S/c1-12(10-13-6-5-9-17-13)16(2)11-14(15)7-3-4-8-14/h5-6,9,12H,3-4,7-8,10-11,15H2,1-2H3. The van der Waals surface area contributed by atoms with Gasteiger partial charge in [-0.15, -0.1) is 11.3 Å². The molecule has 0 bridgehead atoms. The third-order valence-electron chi connectivity index (χ3n) is 3.99. The summed E-state index contributed by atoms with van der Waals surface area (Å²) in [5.74, 6) is 0. The van der Waals surface area contributed by atoms with Crippen molar-refractivity contribution in [2.45, 2.75) is 50.6 Å². The molecule has 1 fully saturated rings. The zero-order valence-corrected chi connectivity index (χ0v) is 11.8. The maximum atomic E-state index is 6.43. The van der Waals surface area contributed by atoms with Gasteiger partial charge in [0.15, 0.2) is 0 Å². The molecule has 2 rings (SSSR count). The van der Waals surface area contributed by atoms with Crippen LogP contribution in [0.5, 0.6) is 0 Å². The maximum Gasteiger partial charge on any atom is 0.0283 e. The molecule has 1 atom stereocenters. The molecule has 0 aliphatic heterocycles. The van der Waals surface area contributed by atoms with Crippen LogP contribution in [0.15, 0.2) is 17.5 Å². The van der Waals surface area contributed by atoms with Crippen LogP contribution in [-0.4, -0.2) is 30.1 Å². The fourth-order valence-corrected chi connectivity index (χ4v) is 3.59. The molecule has 2 N–H and O–H groups in total. The van der Waals surface area contributed by atoms with E-state index in [4.69, 9.17) is 5.73 Å². The molecule has 0 saturated heterocycles. The van der Waals surface area contributed by atoms with Gasteiger partial charge >= 0.3 is 0 Å². The highest BCUT2D eigenvalue weighted by Crippen LogP contribution is 2.28. The average Bonchev–Trinajstić information content (AvgIpc) is 2.90. The number of rotatable bonds is 5.